The Bertz CT molecular complexity index is 404. The summed E-state index contributed by atoms with van der Waals surface area (Å²) in [5, 5.41) is 6.29. The topological polar surface area (TPSA) is 79.0 Å². The Balaban J connectivity index is 2.82. The summed E-state index contributed by atoms with van der Waals surface area (Å²) < 4.78 is 24.4. The van der Waals surface area contributed by atoms with Gasteiger partial charge in [-0.15, -0.1) is 0 Å². The lowest BCUT2D eigenvalue weighted by Crippen LogP contribution is -2.40. The minimum atomic E-state index is -3.31. The van der Waals surface area contributed by atoms with E-state index in [4.69, 9.17) is 0 Å². The molecule has 0 aromatic carbocycles. The van der Waals surface area contributed by atoms with Crippen molar-refractivity contribution in [3.63, 3.8) is 0 Å². The van der Waals surface area contributed by atoms with Crippen LogP contribution in [-0.2, 0) is 16.6 Å². The first-order chi connectivity index (χ1) is 6.75. The fourth-order valence-corrected chi connectivity index (χ4v) is 2.30. The molecule has 1 rings (SSSR count). The number of hydrogen-bond donors (Lipinski definition) is 1. The second kappa shape index (κ2) is 3.90. The van der Waals surface area contributed by atoms with E-state index in [0.29, 0.717) is 5.82 Å². The Morgan fingerprint density at radius 3 is 2.47 bits per heavy atom. The summed E-state index contributed by atoms with van der Waals surface area (Å²) in [6.07, 6.45) is 1.35. The fraction of sp³-hybridized carbons (Fsp3) is 0.750. The van der Waals surface area contributed by atoms with Gasteiger partial charge in [0.05, 0.1) is 11.3 Å². The lowest BCUT2D eigenvalue weighted by atomic mass is 10.3. The van der Waals surface area contributed by atoms with Gasteiger partial charge < -0.3 is 0 Å². The molecule has 0 saturated carbocycles. The van der Waals surface area contributed by atoms with E-state index in [1.54, 1.807) is 20.8 Å². The van der Waals surface area contributed by atoms with Crippen LogP contribution < -0.4 is 0 Å². The van der Waals surface area contributed by atoms with E-state index in [9.17, 15) is 8.42 Å². The first-order valence-electron chi connectivity index (χ1n) is 4.55. The number of sulfonamides is 1. The molecule has 0 saturated heterocycles. The van der Waals surface area contributed by atoms with Gasteiger partial charge in [0, 0.05) is 7.05 Å². The molecule has 0 radical (unpaired) electrons. The molecule has 0 atom stereocenters. The molecule has 1 aromatic heterocycles. The van der Waals surface area contributed by atoms with Gasteiger partial charge in [0.25, 0.3) is 0 Å². The van der Waals surface area contributed by atoms with Crippen LogP contribution in [0.5, 0.6) is 0 Å². The highest BCUT2D eigenvalue weighted by Crippen LogP contribution is 2.19. The van der Waals surface area contributed by atoms with E-state index in [0.717, 1.165) is 0 Å². The summed E-state index contributed by atoms with van der Waals surface area (Å²) >= 11 is 0. The van der Waals surface area contributed by atoms with Crippen molar-refractivity contribution in [3.8, 4) is 0 Å². The minimum absolute atomic E-state index is 0.208. The molecule has 6 nitrogen and oxygen atoms in total. The smallest absolute Gasteiger partial charge is 0.219 e. The Labute approximate surface area is 89.8 Å². The fourth-order valence-electron chi connectivity index (χ4n) is 1.07. The highest BCUT2D eigenvalue weighted by Gasteiger charge is 2.33. The molecule has 0 fully saturated rings. The number of nitrogens with one attached hydrogen (secondary N) is 1. The molecule has 1 N–H and O–H groups in total. The number of rotatable bonds is 3. The molecule has 0 aliphatic rings. The second-order valence-electron chi connectivity index (χ2n) is 4.31. The third-order valence-corrected chi connectivity index (χ3v) is 4.52. The monoisotopic (exact) mass is 232 g/mol. The normalized spacial score (nSPS) is 13.4. The SMILES string of the molecule is CN(Cc1ncn[nH]1)S(=O)(=O)C(C)(C)C. The zero-order valence-electron chi connectivity index (χ0n) is 9.35. The maximum atomic E-state index is 11.9. The largest absolute Gasteiger partial charge is 0.262 e. The molecule has 0 amide bonds. The van der Waals surface area contributed by atoms with Crippen molar-refractivity contribution < 1.29 is 8.42 Å². The Hall–Kier alpha value is -0.950. The number of hydrogen-bond acceptors (Lipinski definition) is 4. The average Bonchev–Trinajstić information content (AvgIpc) is 2.54. The second-order valence-corrected chi connectivity index (χ2v) is 7.10. The number of H-pyrrole nitrogens is 1. The maximum absolute atomic E-state index is 11.9. The minimum Gasteiger partial charge on any atom is -0.262 e. The molecule has 7 heteroatoms. The molecule has 86 valence electrons. The Morgan fingerprint density at radius 1 is 1.47 bits per heavy atom. The molecular formula is C8H16N4O2S. The van der Waals surface area contributed by atoms with Crippen molar-refractivity contribution in [2.45, 2.75) is 32.1 Å². The third-order valence-electron chi connectivity index (χ3n) is 2.02. The van der Waals surface area contributed by atoms with E-state index < -0.39 is 14.8 Å². The van der Waals surface area contributed by atoms with Crippen LogP contribution in [0.3, 0.4) is 0 Å². The molecular weight excluding hydrogens is 216 g/mol. The maximum Gasteiger partial charge on any atom is 0.219 e. The van der Waals surface area contributed by atoms with Gasteiger partial charge in [0.1, 0.15) is 12.2 Å². The van der Waals surface area contributed by atoms with E-state index in [1.165, 1.54) is 17.7 Å². The third kappa shape index (κ3) is 2.54. The van der Waals surface area contributed by atoms with E-state index in [-0.39, 0.29) is 6.54 Å². The van der Waals surface area contributed by atoms with E-state index in [2.05, 4.69) is 15.2 Å². The van der Waals surface area contributed by atoms with Crippen molar-refractivity contribution in [2.24, 2.45) is 0 Å². The summed E-state index contributed by atoms with van der Waals surface area (Å²) in [6.45, 7) is 5.21. The summed E-state index contributed by atoms with van der Waals surface area (Å²) in [4.78, 5) is 3.88. The van der Waals surface area contributed by atoms with Gasteiger partial charge in [-0.25, -0.2) is 13.4 Å². The van der Waals surface area contributed by atoms with Gasteiger partial charge >= 0.3 is 0 Å². The van der Waals surface area contributed by atoms with Crippen LogP contribution in [0.2, 0.25) is 0 Å². The van der Waals surface area contributed by atoms with Gasteiger partial charge in [-0.1, -0.05) is 0 Å². The predicted molar refractivity (Wildman–Crippen MR) is 56.5 cm³/mol. The molecule has 0 spiro atoms. The Morgan fingerprint density at radius 2 is 2.07 bits per heavy atom. The molecule has 1 heterocycles. The molecule has 0 aliphatic carbocycles. The molecule has 0 aliphatic heterocycles. The van der Waals surface area contributed by atoms with Crippen LogP contribution in [0.1, 0.15) is 26.6 Å². The van der Waals surface area contributed by atoms with Crippen LogP contribution in [-0.4, -0.2) is 39.7 Å². The lowest BCUT2D eigenvalue weighted by Gasteiger charge is -2.26. The average molecular weight is 232 g/mol. The van der Waals surface area contributed by atoms with Crippen molar-refractivity contribution in [1.82, 2.24) is 19.5 Å². The van der Waals surface area contributed by atoms with E-state index >= 15 is 0 Å². The van der Waals surface area contributed by atoms with Gasteiger partial charge in [-0.05, 0) is 20.8 Å². The first-order valence-corrected chi connectivity index (χ1v) is 5.99. The zero-order chi connectivity index (χ0) is 11.7. The van der Waals surface area contributed by atoms with Crippen LogP contribution in [0.15, 0.2) is 6.33 Å². The van der Waals surface area contributed by atoms with Crippen molar-refractivity contribution in [2.75, 3.05) is 7.05 Å². The van der Waals surface area contributed by atoms with Crippen LogP contribution in [0, 0.1) is 0 Å². The van der Waals surface area contributed by atoms with Gasteiger partial charge in [0.2, 0.25) is 10.0 Å². The summed E-state index contributed by atoms with van der Waals surface area (Å²) in [5.41, 5.74) is 0. The summed E-state index contributed by atoms with van der Waals surface area (Å²) in [6, 6.07) is 0. The number of aromatic amines is 1. The summed E-state index contributed by atoms with van der Waals surface area (Å²) in [5.74, 6) is 0.533. The number of nitrogens with zero attached hydrogens (tertiary/aromatic N) is 3. The highest BCUT2D eigenvalue weighted by molar-refractivity contribution is 7.90. The Kier molecular flexibility index (Phi) is 3.15. The first kappa shape index (κ1) is 12.1. The molecule has 1 aromatic rings. The molecule has 15 heavy (non-hydrogen) atoms. The predicted octanol–water partition coefficient (Wildman–Crippen LogP) is 0.365. The van der Waals surface area contributed by atoms with Crippen LogP contribution in [0.4, 0.5) is 0 Å². The van der Waals surface area contributed by atoms with Gasteiger partial charge in [0.15, 0.2) is 0 Å². The van der Waals surface area contributed by atoms with Gasteiger partial charge in [-0.2, -0.15) is 9.40 Å². The summed E-state index contributed by atoms with van der Waals surface area (Å²) in [7, 11) is -1.78. The molecule has 0 unspecified atom stereocenters. The standard InChI is InChI=1S/C8H16N4O2S/c1-8(2,3)15(13,14)12(4)5-7-9-6-10-11-7/h6H,5H2,1-4H3,(H,9,10,11). The van der Waals surface area contributed by atoms with Crippen molar-refractivity contribution in [3.05, 3.63) is 12.2 Å². The van der Waals surface area contributed by atoms with Gasteiger partial charge in [-0.3, -0.25) is 5.10 Å². The zero-order valence-corrected chi connectivity index (χ0v) is 10.2. The number of aromatic nitrogens is 3. The lowest BCUT2D eigenvalue weighted by molar-refractivity contribution is 0.434. The van der Waals surface area contributed by atoms with Crippen molar-refractivity contribution in [1.29, 1.82) is 0 Å². The quantitative estimate of drug-likeness (QED) is 0.816. The van der Waals surface area contributed by atoms with Crippen LogP contribution >= 0.6 is 0 Å². The highest BCUT2D eigenvalue weighted by atomic mass is 32.2. The molecule has 0 bridgehead atoms. The van der Waals surface area contributed by atoms with E-state index in [1.807, 2.05) is 0 Å². The van der Waals surface area contributed by atoms with Crippen molar-refractivity contribution >= 4 is 10.0 Å². The van der Waals surface area contributed by atoms with Crippen LogP contribution in [0.25, 0.3) is 0 Å².